The summed E-state index contributed by atoms with van der Waals surface area (Å²) in [5, 5.41) is 0. The lowest BCUT2D eigenvalue weighted by Gasteiger charge is -2.11. The van der Waals surface area contributed by atoms with E-state index >= 15 is 0 Å². The van der Waals surface area contributed by atoms with E-state index in [1.165, 1.54) is 18.2 Å². The lowest BCUT2D eigenvalue weighted by molar-refractivity contribution is 0.0527. The van der Waals surface area contributed by atoms with Gasteiger partial charge in [0, 0.05) is 0 Å². The average Bonchev–Trinajstić information content (AvgIpc) is 2.27. The van der Waals surface area contributed by atoms with Gasteiger partial charge in [-0.05, 0) is 19.1 Å². The summed E-state index contributed by atoms with van der Waals surface area (Å²) < 4.78 is 33.5. The van der Waals surface area contributed by atoms with Crippen molar-refractivity contribution in [3.63, 3.8) is 0 Å². The topological polar surface area (TPSA) is 61.5 Å². The Hall–Kier alpha value is -1.85. The van der Waals surface area contributed by atoms with Gasteiger partial charge in [0.25, 0.3) is 6.43 Å². The second-order valence-electron chi connectivity index (χ2n) is 3.14. The van der Waals surface area contributed by atoms with Gasteiger partial charge in [0.1, 0.15) is 12.4 Å². The summed E-state index contributed by atoms with van der Waals surface area (Å²) in [6.07, 6.45) is -2.60. The van der Waals surface area contributed by atoms with Gasteiger partial charge in [-0.3, -0.25) is 0 Å². The quantitative estimate of drug-likeness (QED) is 0.637. The molecular formula is C11H13F2NO3. The molecule has 1 aromatic rings. The number of carbonyl (C=O) groups excluding carboxylic acids is 1. The van der Waals surface area contributed by atoms with E-state index in [4.69, 9.17) is 15.2 Å². The van der Waals surface area contributed by atoms with Crippen LogP contribution in [0.25, 0.3) is 0 Å². The third kappa shape index (κ3) is 3.58. The molecule has 0 aliphatic carbocycles. The van der Waals surface area contributed by atoms with Gasteiger partial charge in [0.2, 0.25) is 0 Å². The number of halogens is 2. The van der Waals surface area contributed by atoms with Gasteiger partial charge < -0.3 is 15.2 Å². The standard InChI is InChI=1S/C11H13F2NO3/c1-2-16-11(15)7-4-3-5-8(10(7)14)17-6-9(12)13/h3-5,9H,2,6,14H2,1H3. The first-order valence-electron chi connectivity index (χ1n) is 5.02. The van der Waals surface area contributed by atoms with Crippen LogP contribution in [0, 0.1) is 0 Å². The van der Waals surface area contributed by atoms with Crippen molar-refractivity contribution < 1.29 is 23.0 Å². The molecule has 0 atom stereocenters. The number of nitrogens with two attached hydrogens (primary N) is 1. The predicted molar refractivity (Wildman–Crippen MR) is 58.3 cm³/mol. The SMILES string of the molecule is CCOC(=O)c1cccc(OCC(F)F)c1N. The fourth-order valence-electron chi connectivity index (χ4n) is 1.21. The van der Waals surface area contributed by atoms with Gasteiger partial charge in [-0.15, -0.1) is 0 Å². The van der Waals surface area contributed by atoms with Crippen LogP contribution in [0.2, 0.25) is 0 Å². The van der Waals surface area contributed by atoms with Crippen molar-refractivity contribution in [2.24, 2.45) is 0 Å². The number of para-hydroxylation sites is 1. The number of alkyl halides is 2. The molecular weight excluding hydrogens is 232 g/mol. The van der Waals surface area contributed by atoms with E-state index in [0.717, 1.165) is 0 Å². The molecule has 17 heavy (non-hydrogen) atoms. The van der Waals surface area contributed by atoms with Crippen LogP contribution in [0.1, 0.15) is 17.3 Å². The van der Waals surface area contributed by atoms with Crippen molar-refractivity contribution >= 4 is 11.7 Å². The highest BCUT2D eigenvalue weighted by Gasteiger charge is 2.15. The molecule has 4 nitrogen and oxygen atoms in total. The Morgan fingerprint density at radius 1 is 1.47 bits per heavy atom. The van der Waals surface area contributed by atoms with Crippen molar-refractivity contribution in [1.29, 1.82) is 0 Å². The number of esters is 1. The lowest BCUT2D eigenvalue weighted by atomic mass is 10.1. The van der Waals surface area contributed by atoms with Gasteiger partial charge in [-0.2, -0.15) is 0 Å². The Labute approximate surface area is 97.3 Å². The minimum absolute atomic E-state index is 0.00611. The number of rotatable bonds is 5. The summed E-state index contributed by atoms with van der Waals surface area (Å²) >= 11 is 0. The maximum Gasteiger partial charge on any atom is 0.340 e. The Balaban J connectivity index is 2.87. The van der Waals surface area contributed by atoms with Crippen molar-refractivity contribution in [1.82, 2.24) is 0 Å². The summed E-state index contributed by atoms with van der Waals surface area (Å²) in [6.45, 7) is 1.10. The summed E-state index contributed by atoms with van der Waals surface area (Å²) in [5.74, 6) is -0.552. The Morgan fingerprint density at radius 3 is 2.76 bits per heavy atom. The number of benzene rings is 1. The van der Waals surface area contributed by atoms with E-state index < -0.39 is 19.0 Å². The lowest BCUT2D eigenvalue weighted by Crippen LogP contribution is -2.12. The number of carbonyl (C=O) groups is 1. The summed E-state index contributed by atoms with van der Waals surface area (Å²) in [6, 6.07) is 4.35. The van der Waals surface area contributed by atoms with E-state index in [9.17, 15) is 13.6 Å². The smallest absolute Gasteiger partial charge is 0.340 e. The van der Waals surface area contributed by atoms with Crippen LogP contribution in [-0.2, 0) is 4.74 Å². The van der Waals surface area contributed by atoms with Crippen LogP contribution in [-0.4, -0.2) is 25.6 Å². The molecule has 0 spiro atoms. The third-order valence-corrected chi connectivity index (χ3v) is 1.93. The molecule has 94 valence electrons. The zero-order chi connectivity index (χ0) is 12.8. The van der Waals surface area contributed by atoms with Gasteiger partial charge in [0.15, 0.2) is 0 Å². The fraction of sp³-hybridized carbons (Fsp3) is 0.364. The van der Waals surface area contributed by atoms with Gasteiger partial charge in [0.05, 0.1) is 17.9 Å². The largest absolute Gasteiger partial charge is 0.485 e. The molecule has 0 fully saturated rings. The van der Waals surface area contributed by atoms with E-state index in [1.807, 2.05) is 0 Å². The first-order valence-corrected chi connectivity index (χ1v) is 5.02. The molecule has 0 aromatic heterocycles. The molecule has 0 bridgehead atoms. The third-order valence-electron chi connectivity index (χ3n) is 1.93. The van der Waals surface area contributed by atoms with Crippen LogP contribution in [0.4, 0.5) is 14.5 Å². The van der Waals surface area contributed by atoms with Gasteiger partial charge >= 0.3 is 5.97 Å². The molecule has 1 rings (SSSR count). The monoisotopic (exact) mass is 245 g/mol. The molecule has 0 saturated carbocycles. The number of ether oxygens (including phenoxy) is 2. The zero-order valence-corrected chi connectivity index (χ0v) is 9.28. The molecule has 0 heterocycles. The summed E-state index contributed by atoms with van der Waals surface area (Å²) in [5.41, 5.74) is 5.75. The van der Waals surface area contributed by atoms with Crippen LogP contribution in [0.15, 0.2) is 18.2 Å². The molecule has 0 aliphatic heterocycles. The maximum absolute atomic E-state index is 12.0. The molecule has 2 N–H and O–H groups in total. The molecule has 0 aliphatic rings. The normalized spacial score (nSPS) is 10.4. The van der Waals surface area contributed by atoms with Crippen molar-refractivity contribution in [2.45, 2.75) is 13.3 Å². The first kappa shape index (κ1) is 13.2. The average molecular weight is 245 g/mol. The van der Waals surface area contributed by atoms with Gasteiger partial charge in [-0.1, -0.05) is 6.07 Å². The minimum atomic E-state index is -2.60. The number of nitrogen functional groups attached to an aromatic ring is 1. The maximum atomic E-state index is 12.0. The Bertz CT molecular complexity index is 396. The molecule has 0 amide bonds. The highest BCUT2D eigenvalue weighted by molar-refractivity contribution is 5.96. The number of anilines is 1. The number of hydrogen-bond donors (Lipinski definition) is 1. The Kier molecular flexibility index (Phi) is 4.68. The van der Waals surface area contributed by atoms with E-state index in [0.29, 0.717) is 0 Å². The molecule has 0 unspecified atom stereocenters. The highest BCUT2D eigenvalue weighted by Crippen LogP contribution is 2.26. The minimum Gasteiger partial charge on any atom is -0.485 e. The van der Waals surface area contributed by atoms with Crippen molar-refractivity contribution in [2.75, 3.05) is 18.9 Å². The Morgan fingerprint density at radius 2 is 2.18 bits per heavy atom. The molecule has 0 saturated heterocycles. The van der Waals surface area contributed by atoms with Gasteiger partial charge in [-0.25, -0.2) is 13.6 Å². The zero-order valence-electron chi connectivity index (χ0n) is 9.28. The van der Waals surface area contributed by atoms with Crippen LogP contribution in [0.3, 0.4) is 0 Å². The van der Waals surface area contributed by atoms with Crippen molar-refractivity contribution in [3.8, 4) is 5.75 Å². The van der Waals surface area contributed by atoms with E-state index in [-0.39, 0.29) is 23.6 Å². The molecule has 0 radical (unpaired) electrons. The summed E-state index contributed by atoms with van der Waals surface area (Å²) in [4.78, 5) is 11.4. The van der Waals surface area contributed by atoms with Crippen molar-refractivity contribution in [3.05, 3.63) is 23.8 Å². The second-order valence-corrected chi connectivity index (χ2v) is 3.14. The van der Waals surface area contributed by atoms with E-state index in [2.05, 4.69) is 0 Å². The van der Waals surface area contributed by atoms with Crippen LogP contribution in [0.5, 0.6) is 5.75 Å². The molecule has 1 aromatic carbocycles. The van der Waals surface area contributed by atoms with Crippen LogP contribution >= 0.6 is 0 Å². The predicted octanol–water partition coefficient (Wildman–Crippen LogP) is 2.09. The molecule has 6 heteroatoms. The number of hydrogen-bond acceptors (Lipinski definition) is 4. The second kappa shape index (κ2) is 6.03. The highest BCUT2D eigenvalue weighted by atomic mass is 19.3. The summed E-state index contributed by atoms with van der Waals surface area (Å²) in [7, 11) is 0. The van der Waals surface area contributed by atoms with Crippen LogP contribution < -0.4 is 10.5 Å². The van der Waals surface area contributed by atoms with E-state index in [1.54, 1.807) is 6.92 Å². The first-order chi connectivity index (χ1) is 8.06. The fourth-order valence-corrected chi connectivity index (χ4v) is 1.21.